The average molecular weight is 369 g/mol. The third kappa shape index (κ3) is 5.52. The minimum atomic E-state index is -0.0643. The van der Waals surface area contributed by atoms with Crippen LogP contribution in [0.1, 0.15) is 25.4 Å². The molecule has 0 saturated heterocycles. The van der Waals surface area contributed by atoms with E-state index in [4.69, 9.17) is 5.73 Å². The van der Waals surface area contributed by atoms with Crippen LogP contribution in [0.4, 0.5) is 0 Å². The molecule has 0 radical (unpaired) electrons. The molecule has 0 fully saturated rings. The monoisotopic (exact) mass is 368 g/mol. The minimum Gasteiger partial charge on any atom is -0.335 e. The Bertz CT molecular complexity index is 573. The van der Waals surface area contributed by atoms with E-state index in [0.717, 1.165) is 21.3 Å². The lowest BCUT2D eigenvalue weighted by Crippen LogP contribution is -2.26. The molecule has 0 unspecified atom stereocenters. The number of nitrogens with two attached hydrogens (primary N) is 1. The molecule has 0 atom stereocenters. The number of nitrogens with zero attached hydrogens (tertiary/aromatic N) is 3. The Kier molecular flexibility index (Phi) is 9.00. The highest BCUT2D eigenvalue weighted by Gasteiger charge is 2.16. The van der Waals surface area contributed by atoms with Gasteiger partial charge in [0, 0.05) is 29.9 Å². The number of aryl methyl sites for hydroxylation is 1. The number of hydrogen-bond acceptors (Lipinski definition) is 6. The van der Waals surface area contributed by atoms with Crippen molar-refractivity contribution in [3.05, 3.63) is 32.2 Å². The summed E-state index contributed by atoms with van der Waals surface area (Å²) in [6.45, 7) is 3.07. The molecule has 118 valence electrons. The van der Waals surface area contributed by atoms with E-state index in [2.05, 4.69) is 9.97 Å². The van der Waals surface area contributed by atoms with Crippen molar-refractivity contribution >= 4 is 53.4 Å². The van der Waals surface area contributed by atoms with E-state index in [9.17, 15) is 4.79 Å². The molecule has 0 spiro atoms. The predicted octanol–water partition coefficient (Wildman–Crippen LogP) is 2.53. The summed E-state index contributed by atoms with van der Waals surface area (Å²) in [5.74, 6) is -0.0643. The molecule has 2 aromatic heterocycles. The molecular formula is C12H18Cl2N4OS2. The number of hydrogen-bond donors (Lipinski definition) is 1. The van der Waals surface area contributed by atoms with Gasteiger partial charge in [-0.05, 0) is 13.5 Å². The Hall–Kier alpha value is -0.730. The van der Waals surface area contributed by atoms with Crippen molar-refractivity contribution in [2.24, 2.45) is 5.73 Å². The third-order valence-electron chi connectivity index (χ3n) is 2.54. The summed E-state index contributed by atoms with van der Waals surface area (Å²) in [6, 6.07) is 0. The van der Waals surface area contributed by atoms with E-state index < -0.39 is 0 Å². The van der Waals surface area contributed by atoms with Crippen LogP contribution < -0.4 is 5.73 Å². The summed E-state index contributed by atoms with van der Waals surface area (Å²) in [6.07, 6.45) is 2.53. The summed E-state index contributed by atoms with van der Waals surface area (Å²) in [5.41, 5.74) is 5.97. The first-order valence-electron chi connectivity index (χ1n) is 5.91. The first-order chi connectivity index (χ1) is 9.10. The first-order valence-corrected chi connectivity index (χ1v) is 7.61. The van der Waals surface area contributed by atoms with Gasteiger partial charge in [0.15, 0.2) is 0 Å². The molecule has 9 heteroatoms. The van der Waals surface area contributed by atoms with Crippen molar-refractivity contribution < 1.29 is 4.79 Å². The SMILES string of the molecule is Cc1ncc(CN(C)C(=O)c2csc(CCN)n2)s1.Cl.Cl. The van der Waals surface area contributed by atoms with Crippen molar-refractivity contribution in [3.63, 3.8) is 0 Å². The van der Waals surface area contributed by atoms with Gasteiger partial charge in [-0.15, -0.1) is 47.5 Å². The molecule has 2 aromatic rings. The third-order valence-corrected chi connectivity index (χ3v) is 4.34. The van der Waals surface area contributed by atoms with Crippen LogP contribution in [0.25, 0.3) is 0 Å². The van der Waals surface area contributed by atoms with E-state index in [1.165, 1.54) is 11.3 Å². The maximum absolute atomic E-state index is 12.2. The van der Waals surface area contributed by atoms with Crippen molar-refractivity contribution in [1.82, 2.24) is 14.9 Å². The van der Waals surface area contributed by atoms with Crippen molar-refractivity contribution in [1.29, 1.82) is 0 Å². The molecular weight excluding hydrogens is 351 g/mol. The van der Waals surface area contributed by atoms with E-state index in [1.807, 2.05) is 13.1 Å². The number of halogens is 2. The van der Waals surface area contributed by atoms with E-state index in [0.29, 0.717) is 18.8 Å². The Morgan fingerprint density at radius 1 is 1.43 bits per heavy atom. The van der Waals surface area contributed by atoms with Crippen LogP contribution >= 0.6 is 47.5 Å². The summed E-state index contributed by atoms with van der Waals surface area (Å²) >= 11 is 3.08. The van der Waals surface area contributed by atoms with Crippen LogP contribution in [0.15, 0.2) is 11.6 Å². The number of carbonyl (C=O) groups is 1. The highest BCUT2D eigenvalue weighted by molar-refractivity contribution is 7.11. The normalized spacial score (nSPS) is 9.67. The van der Waals surface area contributed by atoms with Gasteiger partial charge in [-0.25, -0.2) is 9.97 Å². The molecule has 0 aliphatic carbocycles. The van der Waals surface area contributed by atoms with Gasteiger partial charge in [0.05, 0.1) is 16.6 Å². The Morgan fingerprint density at radius 2 is 2.14 bits per heavy atom. The fourth-order valence-corrected chi connectivity index (χ4v) is 3.26. The van der Waals surface area contributed by atoms with Crippen molar-refractivity contribution in [2.75, 3.05) is 13.6 Å². The second kappa shape index (κ2) is 9.32. The second-order valence-electron chi connectivity index (χ2n) is 4.17. The predicted molar refractivity (Wildman–Crippen MR) is 92.0 cm³/mol. The highest BCUT2D eigenvalue weighted by Crippen LogP contribution is 2.16. The largest absolute Gasteiger partial charge is 0.335 e. The van der Waals surface area contributed by atoms with Crippen LogP contribution in [0.3, 0.4) is 0 Å². The Morgan fingerprint density at radius 3 is 2.71 bits per heavy atom. The maximum Gasteiger partial charge on any atom is 0.273 e. The van der Waals surface area contributed by atoms with Crippen LogP contribution in [0.2, 0.25) is 0 Å². The molecule has 21 heavy (non-hydrogen) atoms. The lowest BCUT2D eigenvalue weighted by atomic mass is 10.4. The zero-order valence-electron chi connectivity index (χ0n) is 11.7. The van der Waals surface area contributed by atoms with Gasteiger partial charge in [0.2, 0.25) is 0 Å². The van der Waals surface area contributed by atoms with Gasteiger partial charge >= 0.3 is 0 Å². The van der Waals surface area contributed by atoms with E-state index in [1.54, 1.807) is 28.7 Å². The van der Waals surface area contributed by atoms with Gasteiger partial charge in [-0.1, -0.05) is 0 Å². The lowest BCUT2D eigenvalue weighted by molar-refractivity contribution is 0.0781. The number of thiazole rings is 2. The van der Waals surface area contributed by atoms with E-state index in [-0.39, 0.29) is 30.7 Å². The van der Waals surface area contributed by atoms with Crippen LogP contribution in [0.5, 0.6) is 0 Å². The molecule has 0 bridgehead atoms. The quantitative estimate of drug-likeness (QED) is 0.879. The van der Waals surface area contributed by atoms with Crippen molar-refractivity contribution in [2.45, 2.75) is 19.9 Å². The molecule has 0 aliphatic heterocycles. The zero-order valence-corrected chi connectivity index (χ0v) is 15.0. The van der Waals surface area contributed by atoms with Gasteiger partial charge in [-0.3, -0.25) is 4.79 Å². The topological polar surface area (TPSA) is 72.1 Å². The summed E-state index contributed by atoms with van der Waals surface area (Å²) in [7, 11) is 1.78. The molecule has 2 N–H and O–H groups in total. The number of carbonyl (C=O) groups excluding carboxylic acids is 1. The maximum atomic E-state index is 12.2. The van der Waals surface area contributed by atoms with Crippen LogP contribution in [-0.4, -0.2) is 34.4 Å². The van der Waals surface area contributed by atoms with Crippen LogP contribution in [0, 0.1) is 6.92 Å². The summed E-state index contributed by atoms with van der Waals surface area (Å²) in [4.78, 5) is 23.4. The molecule has 1 amide bonds. The molecule has 2 rings (SSSR count). The van der Waals surface area contributed by atoms with Crippen LogP contribution in [-0.2, 0) is 13.0 Å². The smallest absolute Gasteiger partial charge is 0.273 e. The molecule has 0 aliphatic rings. The average Bonchev–Trinajstić information content (AvgIpc) is 2.98. The number of rotatable bonds is 5. The zero-order chi connectivity index (χ0) is 13.8. The molecule has 5 nitrogen and oxygen atoms in total. The standard InChI is InChI=1S/C12H16N4OS2.2ClH/c1-8-14-5-9(19-8)6-16(2)12(17)10-7-18-11(15-10)3-4-13;;/h5,7H,3-4,6,13H2,1-2H3;2*1H. The molecule has 0 saturated carbocycles. The highest BCUT2D eigenvalue weighted by atomic mass is 35.5. The first kappa shape index (κ1) is 20.3. The number of aromatic nitrogens is 2. The second-order valence-corrected chi connectivity index (χ2v) is 6.43. The Balaban J connectivity index is 0.00000200. The lowest BCUT2D eigenvalue weighted by Gasteiger charge is -2.14. The van der Waals surface area contributed by atoms with Gasteiger partial charge in [0.1, 0.15) is 5.69 Å². The summed E-state index contributed by atoms with van der Waals surface area (Å²) < 4.78 is 0. The number of amides is 1. The fourth-order valence-electron chi connectivity index (χ4n) is 1.63. The Labute approximate surface area is 144 Å². The fraction of sp³-hybridized carbons (Fsp3) is 0.417. The van der Waals surface area contributed by atoms with Gasteiger partial charge < -0.3 is 10.6 Å². The molecule has 2 heterocycles. The van der Waals surface area contributed by atoms with E-state index >= 15 is 0 Å². The van der Waals surface area contributed by atoms with Gasteiger partial charge in [-0.2, -0.15) is 0 Å². The summed E-state index contributed by atoms with van der Waals surface area (Å²) in [5, 5.41) is 3.71. The van der Waals surface area contributed by atoms with Gasteiger partial charge in [0.25, 0.3) is 5.91 Å². The van der Waals surface area contributed by atoms with Crippen molar-refractivity contribution in [3.8, 4) is 0 Å². The molecule has 0 aromatic carbocycles. The minimum absolute atomic E-state index is 0.